The first-order chi connectivity index (χ1) is 7.76. The number of benzene rings is 1. The van der Waals surface area contributed by atoms with Gasteiger partial charge in [-0.2, -0.15) is 0 Å². The summed E-state index contributed by atoms with van der Waals surface area (Å²) in [5, 5.41) is 2.83. The molecule has 1 aromatic carbocycles. The number of nitrogen functional groups attached to an aromatic ring is 1. The van der Waals surface area contributed by atoms with Gasteiger partial charge in [-0.25, -0.2) is 4.39 Å². The van der Waals surface area contributed by atoms with Gasteiger partial charge < -0.3 is 11.1 Å². The third kappa shape index (κ3) is 5.58. The molecule has 0 atom stereocenters. The Balaban J connectivity index is 2.53. The predicted octanol–water partition coefficient (Wildman–Crippen LogP) is 2.41. The van der Waals surface area contributed by atoms with E-state index >= 15 is 0 Å². The van der Waals surface area contributed by atoms with Crippen molar-refractivity contribution in [2.45, 2.75) is 31.2 Å². The second-order valence-corrected chi connectivity index (χ2v) is 5.86. The molecule has 0 fully saturated rings. The maximum atomic E-state index is 13.0. The van der Waals surface area contributed by atoms with Gasteiger partial charge in [0, 0.05) is 16.1 Å². The fraction of sp³-hybridized carbons (Fsp3) is 0.417. The molecule has 5 heteroatoms. The summed E-state index contributed by atoms with van der Waals surface area (Å²) < 4.78 is 13.0. The first-order valence-electron chi connectivity index (χ1n) is 5.26. The van der Waals surface area contributed by atoms with E-state index in [0.29, 0.717) is 10.6 Å². The van der Waals surface area contributed by atoms with Gasteiger partial charge >= 0.3 is 0 Å². The van der Waals surface area contributed by atoms with Crippen molar-refractivity contribution in [3.63, 3.8) is 0 Å². The molecule has 0 saturated carbocycles. The monoisotopic (exact) mass is 256 g/mol. The average molecular weight is 256 g/mol. The smallest absolute Gasteiger partial charge is 0.230 e. The molecule has 3 N–H and O–H groups in total. The zero-order valence-corrected chi connectivity index (χ0v) is 11.0. The summed E-state index contributed by atoms with van der Waals surface area (Å²) >= 11 is 1.27. The van der Waals surface area contributed by atoms with Crippen LogP contribution >= 0.6 is 11.8 Å². The van der Waals surface area contributed by atoms with Crippen LogP contribution in [0.3, 0.4) is 0 Å². The largest absolute Gasteiger partial charge is 0.399 e. The summed E-state index contributed by atoms with van der Waals surface area (Å²) in [6.45, 7) is 5.74. The minimum atomic E-state index is -0.385. The topological polar surface area (TPSA) is 55.1 Å². The zero-order chi connectivity index (χ0) is 13.1. The Labute approximate surface area is 105 Å². The molecule has 0 aromatic heterocycles. The van der Waals surface area contributed by atoms with Crippen molar-refractivity contribution in [2.75, 3.05) is 11.5 Å². The van der Waals surface area contributed by atoms with Crippen LogP contribution < -0.4 is 11.1 Å². The van der Waals surface area contributed by atoms with E-state index in [2.05, 4.69) is 5.32 Å². The molecule has 0 heterocycles. The van der Waals surface area contributed by atoms with Crippen molar-refractivity contribution in [3.8, 4) is 0 Å². The molecule has 17 heavy (non-hydrogen) atoms. The van der Waals surface area contributed by atoms with Gasteiger partial charge in [0.15, 0.2) is 0 Å². The number of hydrogen-bond acceptors (Lipinski definition) is 3. The number of rotatable bonds is 3. The lowest BCUT2D eigenvalue weighted by molar-refractivity contribution is -0.119. The highest BCUT2D eigenvalue weighted by Gasteiger charge is 2.13. The summed E-state index contributed by atoms with van der Waals surface area (Å²) in [5.41, 5.74) is 5.63. The van der Waals surface area contributed by atoms with E-state index < -0.39 is 0 Å². The summed E-state index contributed by atoms with van der Waals surface area (Å²) in [4.78, 5) is 12.2. The molecule has 0 bridgehead atoms. The second kappa shape index (κ2) is 5.40. The predicted molar refractivity (Wildman–Crippen MR) is 69.4 cm³/mol. The van der Waals surface area contributed by atoms with Gasteiger partial charge in [-0.3, -0.25) is 4.79 Å². The number of carbonyl (C=O) groups excluding carboxylic acids is 1. The number of anilines is 1. The van der Waals surface area contributed by atoms with Crippen molar-refractivity contribution in [1.29, 1.82) is 0 Å². The minimum Gasteiger partial charge on any atom is -0.399 e. The molecule has 1 rings (SSSR count). The van der Waals surface area contributed by atoms with Crippen molar-refractivity contribution in [2.24, 2.45) is 0 Å². The van der Waals surface area contributed by atoms with Crippen LogP contribution in [0.1, 0.15) is 20.8 Å². The normalized spacial score (nSPS) is 11.3. The Morgan fingerprint density at radius 3 is 2.59 bits per heavy atom. The number of thioether (sulfide) groups is 1. The Hall–Kier alpha value is -1.23. The second-order valence-electron chi connectivity index (χ2n) is 4.81. The Morgan fingerprint density at radius 1 is 1.41 bits per heavy atom. The van der Waals surface area contributed by atoms with Gasteiger partial charge in [0.25, 0.3) is 0 Å². The third-order valence-electron chi connectivity index (χ3n) is 1.78. The fourth-order valence-electron chi connectivity index (χ4n) is 1.27. The lowest BCUT2D eigenvalue weighted by Gasteiger charge is -2.20. The highest BCUT2D eigenvalue weighted by atomic mass is 32.2. The van der Waals surface area contributed by atoms with Gasteiger partial charge in [0.1, 0.15) is 5.82 Å². The molecule has 0 saturated heterocycles. The van der Waals surface area contributed by atoms with Crippen molar-refractivity contribution < 1.29 is 9.18 Å². The summed E-state index contributed by atoms with van der Waals surface area (Å²) in [6.07, 6.45) is 0. The van der Waals surface area contributed by atoms with Crippen LogP contribution in [0.25, 0.3) is 0 Å². The van der Waals surface area contributed by atoms with E-state index in [1.807, 2.05) is 20.8 Å². The fourth-order valence-corrected chi connectivity index (χ4v) is 2.06. The summed E-state index contributed by atoms with van der Waals surface area (Å²) in [5.74, 6) is -0.214. The van der Waals surface area contributed by atoms with E-state index in [4.69, 9.17) is 5.73 Å². The van der Waals surface area contributed by atoms with Crippen molar-refractivity contribution in [1.82, 2.24) is 5.32 Å². The molecule has 0 aliphatic heterocycles. The number of hydrogen-bond donors (Lipinski definition) is 2. The summed E-state index contributed by atoms with van der Waals surface area (Å²) in [6, 6.07) is 4.27. The van der Waals surface area contributed by atoms with Crippen LogP contribution in [-0.2, 0) is 4.79 Å². The highest BCUT2D eigenvalue weighted by Crippen LogP contribution is 2.22. The molecule has 0 radical (unpaired) electrons. The van der Waals surface area contributed by atoms with Crippen LogP contribution in [0.5, 0.6) is 0 Å². The first-order valence-corrected chi connectivity index (χ1v) is 6.25. The maximum Gasteiger partial charge on any atom is 0.230 e. The quantitative estimate of drug-likeness (QED) is 0.645. The van der Waals surface area contributed by atoms with Gasteiger partial charge in [-0.1, -0.05) is 0 Å². The SMILES string of the molecule is CC(C)(C)NC(=O)CSc1cc(N)cc(F)c1. The molecule has 3 nitrogen and oxygen atoms in total. The van der Waals surface area contributed by atoms with Crippen LogP contribution in [0, 0.1) is 5.82 Å². The molecule has 1 aromatic rings. The van der Waals surface area contributed by atoms with Gasteiger partial charge in [-0.05, 0) is 39.0 Å². The molecule has 0 spiro atoms. The number of nitrogens with one attached hydrogen (secondary N) is 1. The van der Waals surface area contributed by atoms with Crippen molar-refractivity contribution >= 4 is 23.4 Å². The van der Waals surface area contributed by atoms with Crippen LogP contribution in [-0.4, -0.2) is 17.2 Å². The first kappa shape index (κ1) is 13.8. The highest BCUT2D eigenvalue weighted by molar-refractivity contribution is 8.00. The minimum absolute atomic E-state index is 0.0784. The molecule has 94 valence electrons. The Kier molecular flexibility index (Phi) is 4.40. The van der Waals surface area contributed by atoms with Crippen LogP contribution in [0.4, 0.5) is 10.1 Å². The van der Waals surface area contributed by atoms with E-state index in [0.717, 1.165) is 0 Å². The zero-order valence-electron chi connectivity index (χ0n) is 10.2. The van der Waals surface area contributed by atoms with E-state index in [1.54, 1.807) is 6.07 Å². The van der Waals surface area contributed by atoms with E-state index in [-0.39, 0.29) is 23.0 Å². The molecule has 0 unspecified atom stereocenters. The molecular formula is C12H17FN2OS. The number of carbonyl (C=O) groups is 1. The Bertz CT molecular complexity index is 395. The lowest BCUT2D eigenvalue weighted by atomic mass is 10.1. The number of amides is 1. The molecule has 0 aliphatic rings. The van der Waals surface area contributed by atoms with E-state index in [1.165, 1.54) is 23.9 Å². The molecule has 0 aliphatic carbocycles. The average Bonchev–Trinajstić information content (AvgIpc) is 2.10. The van der Waals surface area contributed by atoms with Crippen molar-refractivity contribution in [3.05, 3.63) is 24.0 Å². The van der Waals surface area contributed by atoms with E-state index in [9.17, 15) is 9.18 Å². The molecule has 1 amide bonds. The number of halogens is 1. The van der Waals surface area contributed by atoms with Crippen LogP contribution in [0.15, 0.2) is 23.1 Å². The van der Waals surface area contributed by atoms with Crippen LogP contribution in [0.2, 0.25) is 0 Å². The maximum absolute atomic E-state index is 13.0. The third-order valence-corrected chi connectivity index (χ3v) is 2.75. The van der Waals surface area contributed by atoms with Gasteiger partial charge in [-0.15, -0.1) is 11.8 Å². The Morgan fingerprint density at radius 2 is 2.06 bits per heavy atom. The number of nitrogens with two attached hydrogens (primary N) is 1. The van der Waals surface area contributed by atoms with Gasteiger partial charge in [0.2, 0.25) is 5.91 Å². The van der Waals surface area contributed by atoms with Gasteiger partial charge in [0.05, 0.1) is 5.75 Å². The summed E-state index contributed by atoms with van der Waals surface area (Å²) in [7, 11) is 0. The lowest BCUT2D eigenvalue weighted by Crippen LogP contribution is -2.41. The standard InChI is InChI=1S/C12H17FN2OS/c1-12(2,3)15-11(16)7-17-10-5-8(13)4-9(14)6-10/h4-6H,7,14H2,1-3H3,(H,15,16). The molecular weight excluding hydrogens is 239 g/mol.